The number of ether oxygens (including phenoxy) is 1. The number of carbonyl (C=O) groups is 2. The summed E-state index contributed by atoms with van der Waals surface area (Å²) in [7, 11) is 0. The molecule has 0 bridgehead atoms. The summed E-state index contributed by atoms with van der Waals surface area (Å²) < 4.78 is 5.46. The third-order valence-corrected chi connectivity index (χ3v) is 3.97. The topological polar surface area (TPSA) is 66.4 Å². The summed E-state index contributed by atoms with van der Waals surface area (Å²) in [6.07, 6.45) is 5.75. The van der Waals surface area contributed by atoms with E-state index in [0.717, 1.165) is 19.3 Å². The molecule has 0 aliphatic heterocycles. The van der Waals surface area contributed by atoms with Gasteiger partial charge in [-0.15, -0.1) is 0 Å². The Bertz CT molecular complexity index is 323. The minimum atomic E-state index is -1.39. The van der Waals surface area contributed by atoms with Crippen LogP contribution in [0.5, 0.6) is 0 Å². The molecule has 0 aromatic rings. The number of unbranched alkanes of at least 4 members (excludes halogenated alkanes) is 4. The van der Waals surface area contributed by atoms with Gasteiger partial charge in [0.2, 0.25) is 0 Å². The predicted octanol–water partition coefficient (Wildman–Crippen LogP) is -0.161. The van der Waals surface area contributed by atoms with Crippen molar-refractivity contribution in [1.82, 2.24) is 0 Å². The van der Waals surface area contributed by atoms with Gasteiger partial charge in [0.05, 0.1) is 12.4 Å². The van der Waals surface area contributed by atoms with Crippen LogP contribution >= 0.6 is 0 Å². The largest absolute Gasteiger partial charge is 1.00 e. The fourth-order valence-electron chi connectivity index (χ4n) is 2.05. The first-order valence-electron chi connectivity index (χ1n) is 7.54. The molecule has 1 unspecified atom stereocenters. The van der Waals surface area contributed by atoms with Crippen LogP contribution < -0.4 is 56.5 Å². The first-order chi connectivity index (χ1) is 9.12. The number of carbonyl (C=O) groups excluding carboxylic acids is 2. The zero-order valence-corrected chi connectivity index (χ0v) is 17.7. The Hall–Kier alpha value is 0.576. The van der Waals surface area contributed by atoms with Crippen molar-refractivity contribution in [2.75, 3.05) is 0 Å². The first kappa shape index (κ1) is 23.8. The van der Waals surface area contributed by atoms with Crippen molar-refractivity contribution in [1.29, 1.82) is 0 Å². The van der Waals surface area contributed by atoms with E-state index in [1.54, 1.807) is 0 Å². The van der Waals surface area contributed by atoms with Crippen molar-refractivity contribution >= 4 is 11.9 Å². The standard InChI is InChI=1S/C16H30O4.K/c1-6-7-8-9-10-11-16(5,15(2,3)4)20-14(19)12-13(17)18;/h6-12H2,1-5H3,(H,17,18);/q;+1/p-1. The molecule has 0 rings (SSSR count). The second kappa shape index (κ2) is 11.2. The summed E-state index contributed by atoms with van der Waals surface area (Å²) in [5.41, 5.74) is -0.884. The molecule has 0 aromatic heterocycles. The fourth-order valence-corrected chi connectivity index (χ4v) is 2.05. The number of hydrogen-bond acceptors (Lipinski definition) is 4. The second-order valence-corrected chi connectivity index (χ2v) is 6.67. The molecule has 5 heteroatoms. The van der Waals surface area contributed by atoms with E-state index in [0.29, 0.717) is 0 Å². The van der Waals surface area contributed by atoms with Gasteiger partial charge in [-0.2, -0.15) is 0 Å². The van der Waals surface area contributed by atoms with Crippen LogP contribution in [0.3, 0.4) is 0 Å². The normalized spacial score (nSPS) is 14.0. The molecule has 0 fully saturated rings. The van der Waals surface area contributed by atoms with Gasteiger partial charge in [0.15, 0.2) is 0 Å². The van der Waals surface area contributed by atoms with Gasteiger partial charge >= 0.3 is 57.4 Å². The Labute approximate surface area is 171 Å². The van der Waals surface area contributed by atoms with Gasteiger partial charge in [0, 0.05) is 5.41 Å². The first-order valence-corrected chi connectivity index (χ1v) is 7.54. The molecule has 21 heavy (non-hydrogen) atoms. The number of rotatable bonds is 9. The van der Waals surface area contributed by atoms with Crippen LogP contribution in [-0.2, 0) is 14.3 Å². The molecule has 0 saturated heterocycles. The van der Waals surface area contributed by atoms with E-state index in [-0.39, 0.29) is 56.8 Å². The van der Waals surface area contributed by atoms with Crippen molar-refractivity contribution in [3.05, 3.63) is 0 Å². The summed E-state index contributed by atoms with van der Waals surface area (Å²) in [5.74, 6) is -2.11. The molecule has 0 aliphatic rings. The summed E-state index contributed by atoms with van der Waals surface area (Å²) in [4.78, 5) is 22.1. The van der Waals surface area contributed by atoms with Gasteiger partial charge < -0.3 is 14.6 Å². The number of aliphatic carboxylic acids is 1. The van der Waals surface area contributed by atoms with Crippen LogP contribution in [0.15, 0.2) is 0 Å². The van der Waals surface area contributed by atoms with Gasteiger partial charge in [0.25, 0.3) is 0 Å². The summed E-state index contributed by atoms with van der Waals surface area (Å²) in [6, 6.07) is 0. The second-order valence-electron chi connectivity index (χ2n) is 6.67. The molecule has 0 spiro atoms. The molecule has 0 aliphatic carbocycles. The Morgan fingerprint density at radius 2 is 1.52 bits per heavy atom. The molecule has 118 valence electrons. The molecule has 0 N–H and O–H groups in total. The summed E-state index contributed by atoms with van der Waals surface area (Å²) >= 11 is 0. The van der Waals surface area contributed by atoms with Crippen molar-refractivity contribution in [3.8, 4) is 0 Å². The molecular formula is C16H29KO4. The van der Waals surface area contributed by atoms with E-state index < -0.39 is 24.0 Å². The fraction of sp³-hybridized carbons (Fsp3) is 0.875. The number of esters is 1. The summed E-state index contributed by atoms with van der Waals surface area (Å²) in [6.45, 7) is 10.1. The third kappa shape index (κ3) is 10.1. The molecule has 1 atom stereocenters. The third-order valence-electron chi connectivity index (χ3n) is 3.97. The van der Waals surface area contributed by atoms with Crippen LogP contribution in [0.1, 0.15) is 79.6 Å². The molecule has 0 amide bonds. The minimum absolute atomic E-state index is 0. The van der Waals surface area contributed by atoms with E-state index in [1.807, 2.05) is 27.7 Å². The molecule has 4 nitrogen and oxygen atoms in total. The Morgan fingerprint density at radius 1 is 1.00 bits per heavy atom. The van der Waals surface area contributed by atoms with Crippen molar-refractivity contribution in [2.45, 2.75) is 85.2 Å². The van der Waals surface area contributed by atoms with E-state index >= 15 is 0 Å². The van der Waals surface area contributed by atoms with E-state index in [1.165, 1.54) is 19.3 Å². The van der Waals surface area contributed by atoms with E-state index in [9.17, 15) is 14.7 Å². The van der Waals surface area contributed by atoms with Gasteiger partial charge in [-0.05, 0) is 19.8 Å². The van der Waals surface area contributed by atoms with Crippen LogP contribution in [0.4, 0.5) is 0 Å². The van der Waals surface area contributed by atoms with E-state index in [4.69, 9.17) is 4.74 Å². The quantitative estimate of drug-likeness (QED) is 0.256. The minimum Gasteiger partial charge on any atom is -0.550 e. The van der Waals surface area contributed by atoms with Crippen molar-refractivity contribution < 1.29 is 70.8 Å². The van der Waals surface area contributed by atoms with Gasteiger partial charge in [-0.3, -0.25) is 4.79 Å². The van der Waals surface area contributed by atoms with Crippen molar-refractivity contribution in [2.24, 2.45) is 5.41 Å². The van der Waals surface area contributed by atoms with Gasteiger partial charge in [0.1, 0.15) is 5.60 Å². The Kier molecular flexibility index (Phi) is 12.7. The number of carboxylic acid groups (broad SMARTS) is 1. The molecule has 0 radical (unpaired) electrons. The van der Waals surface area contributed by atoms with Crippen LogP contribution in [0.25, 0.3) is 0 Å². The number of hydrogen-bond donors (Lipinski definition) is 0. The van der Waals surface area contributed by atoms with Gasteiger partial charge in [-0.25, -0.2) is 0 Å². The van der Waals surface area contributed by atoms with Crippen LogP contribution in [0.2, 0.25) is 0 Å². The number of carboxylic acids is 1. The van der Waals surface area contributed by atoms with Crippen LogP contribution in [0, 0.1) is 5.41 Å². The summed E-state index contributed by atoms with van der Waals surface area (Å²) in [5, 5.41) is 10.5. The maximum absolute atomic E-state index is 11.6. The Morgan fingerprint density at radius 3 is 1.95 bits per heavy atom. The zero-order valence-electron chi connectivity index (χ0n) is 14.6. The monoisotopic (exact) mass is 324 g/mol. The van der Waals surface area contributed by atoms with Gasteiger partial charge in [-0.1, -0.05) is 53.4 Å². The molecule has 0 aromatic carbocycles. The molecule has 0 saturated carbocycles. The van der Waals surface area contributed by atoms with Crippen molar-refractivity contribution in [3.63, 3.8) is 0 Å². The smallest absolute Gasteiger partial charge is 0.550 e. The average Bonchev–Trinajstić information content (AvgIpc) is 2.25. The SMILES string of the molecule is CCCCCCCC(C)(OC(=O)CC(=O)[O-])C(C)(C)C.[K+]. The average molecular weight is 325 g/mol. The molecular weight excluding hydrogens is 295 g/mol. The van der Waals surface area contributed by atoms with Crippen LogP contribution in [-0.4, -0.2) is 17.5 Å². The maximum Gasteiger partial charge on any atom is 1.00 e. The maximum atomic E-state index is 11.6. The predicted molar refractivity (Wildman–Crippen MR) is 77.0 cm³/mol. The Balaban J connectivity index is 0. The van der Waals surface area contributed by atoms with E-state index in [2.05, 4.69) is 6.92 Å². The molecule has 0 heterocycles. The zero-order chi connectivity index (χ0) is 15.8.